The third-order valence-electron chi connectivity index (χ3n) is 3.01. The average Bonchev–Trinajstić information content (AvgIpc) is 2.97. The van der Waals surface area contributed by atoms with Crippen molar-refractivity contribution in [1.29, 1.82) is 0 Å². The molecule has 2 aromatic heterocycles. The standard InChI is InChI=1S/C14H12FN3O2S/c1-17(2)14-16-10-7-11(13(19)20)21-12(10)18(14)9-5-3-8(15)4-6-9/h3-7H,1-2H3,(H,19,20). The summed E-state index contributed by atoms with van der Waals surface area (Å²) in [6.45, 7) is 0. The molecule has 0 aliphatic carbocycles. The number of hydrogen-bond acceptors (Lipinski definition) is 4. The van der Waals surface area contributed by atoms with Gasteiger partial charge in [-0.05, 0) is 30.3 Å². The Labute approximate surface area is 123 Å². The second-order valence-electron chi connectivity index (χ2n) is 4.72. The number of rotatable bonds is 3. The Morgan fingerprint density at radius 1 is 1.33 bits per heavy atom. The van der Waals surface area contributed by atoms with Gasteiger partial charge in [0, 0.05) is 14.1 Å². The summed E-state index contributed by atoms with van der Waals surface area (Å²) >= 11 is 1.15. The maximum absolute atomic E-state index is 13.1. The number of carboxylic acids is 1. The van der Waals surface area contributed by atoms with E-state index in [1.165, 1.54) is 12.1 Å². The number of imidazole rings is 1. The molecular weight excluding hydrogens is 293 g/mol. The lowest BCUT2D eigenvalue weighted by molar-refractivity contribution is 0.0702. The summed E-state index contributed by atoms with van der Waals surface area (Å²) in [7, 11) is 3.70. The van der Waals surface area contributed by atoms with Crippen LogP contribution in [-0.2, 0) is 0 Å². The zero-order chi connectivity index (χ0) is 15.1. The molecule has 0 aliphatic rings. The summed E-state index contributed by atoms with van der Waals surface area (Å²) < 4.78 is 14.9. The molecule has 0 aliphatic heterocycles. The second-order valence-corrected chi connectivity index (χ2v) is 5.75. The summed E-state index contributed by atoms with van der Waals surface area (Å²) in [6.07, 6.45) is 0. The number of carbonyl (C=O) groups is 1. The molecule has 0 saturated heterocycles. The van der Waals surface area contributed by atoms with Gasteiger partial charge in [0.15, 0.2) is 0 Å². The monoisotopic (exact) mass is 305 g/mol. The molecular formula is C14H12FN3O2S. The highest BCUT2D eigenvalue weighted by Gasteiger charge is 2.19. The molecule has 0 saturated carbocycles. The van der Waals surface area contributed by atoms with Crippen LogP contribution < -0.4 is 4.90 Å². The molecule has 0 radical (unpaired) electrons. The highest BCUT2D eigenvalue weighted by molar-refractivity contribution is 7.20. The highest BCUT2D eigenvalue weighted by Crippen LogP contribution is 2.32. The van der Waals surface area contributed by atoms with Crippen LogP contribution in [0.3, 0.4) is 0 Å². The lowest BCUT2D eigenvalue weighted by Gasteiger charge is -2.14. The van der Waals surface area contributed by atoms with Crippen molar-refractivity contribution in [3.8, 4) is 5.69 Å². The van der Waals surface area contributed by atoms with Crippen molar-refractivity contribution < 1.29 is 14.3 Å². The van der Waals surface area contributed by atoms with E-state index in [2.05, 4.69) is 4.98 Å². The van der Waals surface area contributed by atoms with Gasteiger partial charge in [-0.2, -0.15) is 0 Å². The molecule has 0 atom stereocenters. The van der Waals surface area contributed by atoms with E-state index in [-0.39, 0.29) is 10.7 Å². The van der Waals surface area contributed by atoms with Crippen molar-refractivity contribution in [2.75, 3.05) is 19.0 Å². The Bertz CT molecular complexity index is 821. The number of halogens is 1. The lowest BCUT2D eigenvalue weighted by Crippen LogP contribution is -2.14. The van der Waals surface area contributed by atoms with Crippen molar-refractivity contribution in [2.45, 2.75) is 0 Å². The minimum atomic E-state index is -0.977. The summed E-state index contributed by atoms with van der Waals surface area (Å²) in [5, 5.41) is 9.09. The Morgan fingerprint density at radius 2 is 2.00 bits per heavy atom. The second kappa shape index (κ2) is 4.85. The van der Waals surface area contributed by atoms with Gasteiger partial charge in [0.25, 0.3) is 0 Å². The van der Waals surface area contributed by atoms with Gasteiger partial charge in [-0.1, -0.05) is 0 Å². The van der Waals surface area contributed by atoms with Crippen LogP contribution in [0.5, 0.6) is 0 Å². The van der Waals surface area contributed by atoms with E-state index in [4.69, 9.17) is 5.11 Å². The largest absolute Gasteiger partial charge is 0.477 e. The number of benzene rings is 1. The minimum absolute atomic E-state index is 0.230. The minimum Gasteiger partial charge on any atom is -0.477 e. The summed E-state index contributed by atoms with van der Waals surface area (Å²) in [4.78, 5) is 18.3. The lowest BCUT2D eigenvalue weighted by atomic mass is 10.3. The van der Waals surface area contributed by atoms with Crippen molar-refractivity contribution in [2.24, 2.45) is 0 Å². The predicted molar refractivity (Wildman–Crippen MR) is 80.2 cm³/mol. The van der Waals surface area contributed by atoms with E-state index in [0.29, 0.717) is 11.5 Å². The van der Waals surface area contributed by atoms with Gasteiger partial charge in [0.05, 0.1) is 5.69 Å². The third-order valence-corrected chi connectivity index (χ3v) is 4.11. The van der Waals surface area contributed by atoms with Crippen molar-refractivity contribution >= 4 is 33.6 Å². The van der Waals surface area contributed by atoms with Gasteiger partial charge in [0.2, 0.25) is 5.95 Å². The van der Waals surface area contributed by atoms with Gasteiger partial charge in [-0.3, -0.25) is 4.57 Å². The van der Waals surface area contributed by atoms with E-state index in [0.717, 1.165) is 21.9 Å². The number of aromatic carboxylic acids is 1. The number of aromatic nitrogens is 2. The van der Waals surface area contributed by atoms with Crippen LogP contribution in [0, 0.1) is 5.82 Å². The Morgan fingerprint density at radius 3 is 2.57 bits per heavy atom. The fourth-order valence-electron chi connectivity index (χ4n) is 2.09. The SMILES string of the molecule is CN(C)c1nc2cc(C(=O)O)sc2n1-c1ccc(F)cc1. The van der Waals surface area contributed by atoms with E-state index in [1.54, 1.807) is 18.2 Å². The topological polar surface area (TPSA) is 58.4 Å². The number of hydrogen-bond donors (Lipinski definition) is 1. The van der Waals surface area contributed by atoms with E-state index in [1.807, 2.05) is 23.6 Å². The van der Waals surface area contributed by atoms with Crippen molar-refractivity contribution in [3.63, 3.8) is 0 Å². The molecule has 0 amide bonds. The Kier molecular flexibility index (Phi) is 3.13. The molecule has 0 bridgehead atoms. The van der Waals surface area contributed by atoms with E-state index < -0.39 is 5.97 Å². The highest BCUT2D eigenvalue weighted by atomic mass is 32.1. The molecule has 108 valence electrons. The zero-order valence-corrected chi connectivity index (χ0v) is 12.2. The summed E-state index contributed by atoms with van der Waals surface area (Å²) in [6, 6.07) is 7.57. The first-order valence-corrected chi connectivity index (χ1v) is 6.98. The molecule has 5 nitrogen and oxygen atoms in total. The first kappa shape index (κ1) is 13.6. The molecule has 0 fully saturated rings. The molecule has 1 N–H and O–H groups in total. The van der Waals surface area contributed by atoms with Crippen molar-refractivity contribution in [3.05, 3.63) is 41.0 Å². The van der Waals surface area contributed by atoms with Gasteiger partial charge in [-0.15, -0.1) is 11.3 Å². The first-order valence-electron chi connectivity index (χ1n) is 6.16. The van der Waals surface area contributed by atoms with Gasteiger partial charge < -0.3 is 10.0 Å². The number of thiophene rings is 1. The van der Waals surface area contributed by atoms with Crippen LogP contribution in [0.15, 0.2) is 30.3 Å². The predicted octanol–water partition coefficient (Wildman–Crippen LogP) is 2.99. The molecule has 0 spiro atoms. The molecule has 0 unspecified atom stereocenters. The normalized spacial score (nSPS) is 11.0. The van der Waals surface area contributed by atoms with Crippen LogP contribution in [0.2, 0.25) is 0 Å². The first-order chi connectivity index (χ1) is 9.97. The van der Waals surface area contributed by atoms with Crippen molar-refractivity contribution in [1.82, 2.24) is 9.55 Å². The molecule has 21 heavy (non-hydrogen) atoms. The molecule has 7 heteroatoms. The fraction of sp³-hybridized carbons (Fsp3) is 0.143. The van der Waals surface area contributed by atoms with Gasteiger partial charge >= 0.3 is 5.97 Å². The Hall–Kier alpha value is -2.41. The maximum Gasteiger partial charge on any atom is 0.346 e. The van der Waals surface area contributed by atoms with Gasteiger partial charge in [0.1, 0.15) is 21.0 Å². The fourth-order valence-corrected chi connectivity index (χ4v) is 3.04. The molecule has 1 aromatic carbocycles. The van der Waals surface area contributed by atoms with Crippen LogP contribution in [0.4, 0.5) is 10.3 Å². The van der Waals surface area contributed by atoms with E-state index in [9.17, 15) is 9.18 Å². The number of carboxylic acid groups (broad SMARTS) is 1. The number of nitrogens with zero attached hydrogens (tertiary/aromatic N) is 3. The van der Waals surface area contributed by atoms with Crippen LogP contribution >= 0.6 is 11.3 Å². The third kappa shape index (κ3) is 2.25. The van der Waals surface area contributed by atoms with E-state index >= 15 is 0 Å². The zero-order valence-electron chi connectivity index (χ0n) is 11.4. The maximum atomic E-state index is 13.1. The number of fused-ring (bicyclic) bond motifs is 1. The smallest absolute Gasteiger partial charge is 0.346 e. The van der Waals surface area contributed by atoms with Crippen LogP contribution in [-0.4, -0.2) is 34.7 Å². The van der Waals surface area contributed by atoms with Gasteiger partial charge in [-0.25, -0.2) is 14.2 Å². The summed E-state index contributed by atoms with van der Waals surface area (Å²) in [5.41, 5.74) is 1.35. The molecule has 2 heterocycles. The van der Waals surface area contributed by atoms with Crippen LogP contribution in [0.25, 0.3) is 16.0 Å². The molecule has 3 aromatic rings. The number of anilines is 1. The summed E-state index contributed by atoms with van der Waals surface area (Å²) in [5.74, 6) is -0.631. The average molecular weight is 305 g/mol. The Balaban J connectivity index is 2.28. The molecule has 3 rings (SSSR count). The quantitative estimate of drug-likeness (QED) is 0.808. The van der Waals surface area contributed by atoms with Crippen LogP contribution in [0.1, 0.15) is 9.67 Å².